The van der Waals surface area contributed by atoms with E-state index in [-0.39, 0.29) is 40.4 Å². The van der Waals surface area contributed by atoms with Gasteiger partial charge in [0.2, 0.25) is 18.7 Å². The summed E-state index contributed by atoms with van der Waals surface area (Å²) in [6.07, 6.45) is 3.22. The molecule has 3 aliphatic heterocycles. The molecule has 0 saturated carbocycles. The zero-order valence-electron chi connectivity index (χ0n) is 21.9. The smallest absolute Gasteiger partial charge is 0.352 e. The third-order valence-corrected chi connectivity index (χ3v) is 8.53. The Morgan fingerprint density at radius 2 is 2.19 bits per heavy atom. The number of carbonyl (C=O) groups excluding carboxylic acids is 4. The Bertz CT molecular complexity index is 1530. The lowest BCUT2D eigenvalue weighted by molar-refractivity contribution is -0.688. The van der Waals surface area contributed by atoms with Crippen molar-refractivity contribution in [2.45, 2.75) is 30.5 Å². The van der Waals surface area contributed by atoms with E-state index in [1.807, 2.05) is 0 Å². The largest absolute Gasteiger partial charge is 0.491 e. The Hall–Kier alpha value is -4.71. The molecular formula is C24H25N8O8S2+. The molecule has 0 unspecified atom stereocenters. The van der Waals surface area contributed by atoms with Crippen molar-refractivity contribution in [3.05, 3.63) is 40.8 Å². The summed E-state index contributed by atoms with van der Waals surface area (Å²) < 4.78 is 6.90. The van der Waals surface area contributed by atoms with E-state index < -0.39 is 35.3 Å². The average Bonchev–Trinajstić information content (AvgIpc) is 3.58. The van der Waals surface area contributed by atoms with E-state index in [2.05, 4.69) is 26.1 Å². The van der Waals surface area contributed by atoms with Crippen LogP contribution in [0.2, 0.25) is 0 Å². The molecule has 4 amide bonds. The lowest BCUT2D eigenvalue weighted by atomic mass is 10.0. The Morgan fingerprint density at radius 3 is 2.83 bits per heavy atom. The molecule has 0 aliphatic carbocycles. The SMILES string of the molecule is COc1cc(NC=O)c[n+](CC2=C(C(=O)O)N3C(=O)[C@@H](NC(=O)/C(=N\O[C@H]4CCNC4=O)c4csc(N)n4)[C@@H]3SC2)c1. The summed E-state index contributed by atoms with van der Waals surface area (Å²) in [6.45, 7) is 0.505. The number of thiazole rings is 1. The molecule has 0 aromatic carbocycles. The first-order chi connectivity index (χ1) is 20.2. The van der Waals surface area contributed by atoms with E-state index in [0.29, 0.717) is 36.4 Å². The van der Waals surface area contributed by atoms with Crippen molar-refractivity contribution in [3.63, 3.8) is 0 Å². The highest BCUT2D eigenvalue weighted by atomic mass is 32.2. The van der Waals surface area contributed by atoms with Gasteiger partial charge in [-0.15, -0.1) is 23.1 Å². The van der Waals surface area contributed by atoms with Crippen LogP contribution in [-0.4, -0.2) is 87.7 Å². The van der Waals surface area contributed by atoms with Gasteiger partial charge in [-0.25, -0.2) is 9.78 Å². The number of nitrogens with one attached hydrogen (secondary N) is 3. The van der Waals surface area contributed by atoms with Gasteiger partial charge in [-0.05, 0) is 0 Å². The van der Waals surface area contributed by atoms with Crippen LogP contribution in [0.3, 0.4) is 0 Å². The van der Waals surface area contributed by atoms with Crippen LogP contribution in [0.15, 0.2) is 40.3 Å². The Labute approximate surface area is 245 Å². The van der Waals surface area contributed by atoms with Crippen molar-refractivity contribution in [2.75, 3.05) is 30.5 Å². The summed E-state index contributed by atoms with van der Waals surface area (Å²) >= 11 is 2.35. The molecule has 18 heteroatoms. The number of fused-ring (bicyclic) bond motifs is 1. The predicted octanol–water partition coefficient (Wildman–Crippen LogP) is -1.36. The van der Waals surface area contributed by atoms with Crippen molar-refractivity contribution in [1.82, 2.24) is 20.5 Å². The molecule has 2 aromatic heterocycles. The number of carboxylic acids is 1. The van der Waals surface area contributed by atoms with Crippen molar-refractivity contribution >= 4 is 69.7 Å². The number of hydrogen-bond acceptors (Lipinski definition) is 12. The molecule has 2 fully saturated rings. The first-order valence-corrected chi connectivity index (χ1v) is 14.3. The molecule has 220 valence electrons. The number of ether oxygens (including phenoxy) is 1. The maximum absolute atomic E-state index is 13.3. The molecule has 5 heterocycles. The van der Waals surface area contributed by atoms with Crippen LogP contribution in [0.1, 0.15) is 12.1 Å². The van der Waals surface area contributed by atoms with Crippen molar-refractivity contribution in [2.24, 2.45) is 5.16 Å². The number of β-lactam (4-membered cyclic amide) rings is 1. The van der Waals surface area contributed by atoms with E-state index in [1.165, 1.54) is 24.3 Å². The number of carboxylic acid groups (broad SMARTS) is 1. The van der Waals surface area contributed by atoms with Gasteiger partial charge in [0.05, 0.1) is 7.11 Å². The number of rotatable bonds is 11. The number of nitrogens with zero attached hydrogens (tertiary/aromatic N) is 4. The molecule has 16 nitrogen and oxygen atoms in total. The summed E-state index contributed by atoms with van der Waals surface area (Å²) in [6, 6.07) is 0.544. The van der Waals surface area contributed by atoms with Gasteiger partial charge in [-0.2, -0.15) is 4.57 Å². The monoisotopic (exact) mass is 617 g/mol. The number of nitrogens with two attached hydrogens (primary N) is 1. The van der Waals surface area contributed by atoms with E-state index >= 15 is 0 Å². The number of methoxy groups -OCH3 is 1. The number of hydrogen-bond donors (Lipinski definition) is 5. The number of anilines is 2. The van der Waals surface area contributed by atoms with Crippen molar-refractivity contribution < 1.29 is 43.2 Å². The molecule has 42 heavy (non-hydrogen) atoms. The topological polar surface area (TPSA) is 219 Å². The second kappa shape index (κ2) is 12.0. The number of aromatic nitrogens is 2. The molecule has 0 radical (unpaired) electrons. The second-order valence-corrected chi connectivity index (χ2v) is 11.2. The van der Waals surface area contributed by atoms with Gasteiger partial charge in [-0.3, -0.25) is 24.1 Å². The first kappa shape index (κ1) is 28.8. The fraction of sp³-hybridized carbons (Fsp3) is 0.333. The summed E-state index contributed by atoms with van der Waals surface area (Å²) in [5.41, 5.74) is 6.23. The Balaban J connectivity index is 1.35. The van der Waals surface area contributed by atoms with Gasteiger partial charge in [0.15, 0.2) is 29.3 Å². The van der Waals surface area contributed by atoms with Crippen LogP contribution in [0.4, 0.5) is 10.8 Å². The highest BCUT2D eigenvalue weighted by Crippen LogP contribution is 2.40. The minimum absolute atomic E-state index is 0.0977. The minimum atomic E-state index is -1.30. The van der Waals surface area contributed by atoms with E-state index in [9.17, 15) is 29.1 Å². The van der Waals surface area contributed by atoms with E-state index in [0.717, 1.165) is 16.2 Å². The molecule has 0 spiro atoms. The van der Waals surface area contributed by atoms with Gasteiger partial charge in [0.25, 0.3) is 17.7 Å². The maximum Gasteiger partial charge on any atom is 0.352 e. The lowest BCUT2D eigenvalue weighted by Crippen LogP contribution is -2.71. The number of nitrogen functional groups attached to an aromatic ring is 1. The second-order valence-electron chi connectivity index (χ2n) is 9.20. The van der Waals surface area contributed by atoms with Crippen LogP contribution in [0.5, 0.6) is 5.75 Å². The summed E-state index contributed by atoms with van der Waals surface area (Å²) in [5.74, 6) is -2.42. The molecule has 3 atom stereocenters. The molecule has 2 saturated heterocycles. The standard InChI is InChI=1S/C24H24N8O8S2/c1-39-13-4-12(27-10-33)6-31(7-13)5-11-8-41-22-17(21(36)32(22)18(11)23(37)38)29-20(35)16(14-9-42-24(25)28-14)30-40-15-2-3-26-19(15)34/h4,6-7,9-10,15,17,22H,2-3,5,8H2,1H3,(H5-,25,26,27,28,29,33,34,35,37,38)/p+1/b30-16-/t15-,17+,22-/m0/s1. The minimum Gasteiger partial charge on any atom is -0.491 e. The lowest BCUT2D eigenvalue weighted by Gasteiger charge is -2.49. The number of oxime groups is 1. The highest BCUT2D eigenvalue weighted by Gasteiger charge is 2.55. The summed E-state index contributed by atoms with van der Waals surface area (Å²) in [5, 5.41) is 22.6. The molecule has 5 rings (SSSR count). The molecule has 0 bridgehead atoms. The van der Waals surface area contributed by atoms with Crippen LogP contribution in [0, 0.1) is 0 Å². The van der Waals surface area contributed by atoms with Gasteiger partial charge >= 0.3 is 5.97 Å². The van der Waals surface area contributed by atoms with Gasteiger partial charge in [0.1, 0.15) is 28.5 Å². The van der Waals surface area contributed by atoms with Crippen LogP contribution in [0.25, 0.3) is 0 Å². The van der Waals surface area contributed by atoms with Gasteiger partial charge in [-0.1, -0.05) is 5.16 Å². The number of pyridine rings is 1. The predicted molar refractivity (Wildman–Crippen MR) is 148 cm³/mol. The Morgan fingerprint density at radius 1 is 1.38 bits per heavy atom. The third kappa shape index (κ3) is 5.70. The molecular weight excluding hydrogens is 592 g/mol. The van der Waals surface area contributed by atoms with Gasteiger partial charge < -0.3 is 36.4 Å². The number of amides is 4. The quantitative estimate of drug-likeness (QED) is 0.0652. The number of aliphatic carboxylic acids is 1. The zero-order chi connectivity index (χ0) is 30.0. The molecule has 3 aliphatic rings. The highest BCUT2D eigenvalue weighted by molar-refractivity contribution is 8.00. The van der Waals surface area contributed by atoms with E-state index in [4.69, 9.17) is 15.3 Å². The van der Waals surface area contributed by atoms with Crippen molar-refractivity contribution in [1.29, 1.82) is 0 Å². The van der Waals surface area contributed by atoms with Gasteiger partial charge in [0, 0.05) is 35.7 Å². The average molecular weight is 618 g/mol. The van der Waals surface area contributed by atoms with Crippen LogP contribution >= 0.6 is 23.1 Å². The summed E-state index contributed by atoms with van der Waals surface area (Å²) in [4.78, 5) is 72.1. The number of thioether (sulfide) groups is 1. The fourth-order valence-corrected chi connectivity index (χ4v) is 6.46. The van der Waals surface area contributed by atoms with E-state index in [1.54, 1.807) is 23.0 Å². The third-order valence-electron chi connectivity index (χ3n) is 6.52. The number of carbonyl (C=O) groups is 5. The van der Waals surface area contributed by atoms with Crippen LogP contribution < -0.4 is 31.0 Å². The van der Waals surface area contributed by atoms with Crippen LogP contribution in [-0.2, 0) is 35.4 Å². The fourth-order valence-electron chi connectivity index (χ4n) is 4.58. The Kier molecular flexibility index (Phi) is 8.25. The first-order valence-electron chi connectivity index (χ1n) is 12.4. The van der Waals surface area contributed by atoms with Crippen molar-refractivity contribution in [3.8, 4) is 5.75 Å². The zero-order valence-corrected chi connectivity index (χ0v) is 23.6. The normalized spacial score (nSPS) is 21.7. The molecule has 6 N–H and O–H groups in total. The summed E-state index contributed by atoms with van der Waals surface area (Å²) in [7, 11) is 1.46. The molecule has 2 aromatic rings. The maximum atomic E-state index is 13.3.